The van der Waals surface area contributed by atoms with Gasteiger partial charge < -0.3 is 0 Å². The van der Waals surface area contributed by atoms with Crippen LogP contribution in [0.3, 0.4) is 0 Å². The van der Waals surface area contributed by atoms with Gasteiger partial charge in [0.25, 0.3) is 0 Å². The fourth-order valence-corrected chi connectivity index (χ4v) is 3.13. The minimum Gasteiger partial charge on any atom is -0.297 e. The zero-order chi connectivity index (χ0) is 17.6. The van der Waals surface area contributed by atoms with Crippen LogP contribution in [0.2, 0.25) is 0 Å². The monoisotopic (exact) mass is 394 g/mol. The van der Waals surface area contributed by atoms with E-state index in [1.54, 1.807) is 16.8 Å². The zero-order valence-corrected chi connectivity index (χ0v) is 15.6. The third-order valence-corrected chi connectivity index (χ3v) is 4.66. The summed E-state index contributed by atoms with van der Waals surface area (Å²) in [4.78, 5) is 16.7. The molecule has 4 heteroatoms. The van der Waals surface area contributed by atoms with E-state index in [-0.39, 0.29) is 6.03 Å². The van der Waals surface area contributed by atoms with E-state index in [4.69, 9.17) is 0 Å². The molecule has 3 aromatic rings. The number of halogens is 1. The number of rotatable bonds is 4. The number of anilines is 2. The molecule has 0 aliphatic rings. The molecule has 2 amide bonds. The summed E-state index contributed by atoms with van der Waals surface area (Å²) in [5.74, 6) is 0. The topological polar surface area (TPSA) is 23.6 Å². The maximum Gasteiger partial charge on any atom is 0.329 e. The summed E-state index contributed by atoms with van der Waals surface area (Å²) in [6.45, 7) is 0.499. The van der Waals surface area contributed by atoms with E-state index in [9.17, 15) is 4.79 Å². The molecule has 0 aromatic heterocycles. The molecule has 0 saturated heterocycles. The van der Waals surface area contributed by atoms with Crippen LogP contribution >= 0.6 is 15.9 Å². The van der Waals surface area contributed by atoms with Crippen LogP contribution < -0.4 is 9.80 Å². The Balaban J connectivity index is 1.96. The predicted octanol–water partition coefficient (Wildman–Crippen LogP) is 5.71. The number of benzene rings is 3. The lowest BCUT2D eigenvalue weighted by Crippen LogP contribution is -2.41. The molecule has 3 aromatic carbocycles. The van der Waals surface area contributed by atoms with Gasteiger partial charge in [0.15, 0.2) is 0 Å². The van der Waals surface area contributed by atoms with Crippen molar-refractivity contribution in [1.82, 2.24) is 0 Å². The molecule has 0 aliphatic carbocycles. The van der Waals surface area contributed by atoms with Crippen LogP contribution in [0.5, 0.6) is 0 Å². The van der Waals surface area contributed by atoms with Gasteiger partial charge in [-0.15, -0.1) is 0 Å². The molecule has 0 saturated carbocycles. The summed E-state index contributed by atoms with van der Waals surface area (Å²) < 4.78 is 0.890. The normalized spacial score (nSPS) is 10.3. The van der Waals surface area contributed by atoms with E-state index in [1.807, 2.05) is 84.9 Å². The van der Waals surface area contributed by atoms with Crippen molar-refractivity contribution in [3.63, 3.8) is 0 Å². The summed E-state index contributed by atoms with van der Waals surface area (Å²) >= 11 is 3.57. The smallest absolute Gasteiger partial charge is 0.297 e. The molecule has 0 unspecified atom stereocenters. The molecule has 0 radical (unpaired) electrons. The fraction of sp³-hybridized carbons (Fsp3) is 0.0952. The van der Waals surface area contributed by atoms with Gasteiger partial charge in [-0.05, 0) is 45.8 Å². The van der Waals surface area contributed by atoms with Crippen LogP contribution in [0.15, 0.2) is 89.4 Å². The van der Waals surface area contributed by atoms with Crippen molar-refractivity contribution >= 4 is 33.3 Å². The summed E-state index contributed by atoms with van der Waals surface area (Å²) in [6.07, 6.45) is 0. The van der Waals surface area contributed by atoms with E-state index < -0.39 is 0 Å². The lowest BCUT2D eigenvalue weighted by atomic mass is 10.2. The molecule has 0 bridgehead atoms. The van der Waals surface area contributed by atoms with Crippen LogP contribution in [0, 0.1) is 0 Å². The average molecular weight is 395 g/mol. The van der Waals surface area contributed by atoms with Gasteiger partial charge in [-0.1, -0.05) is 60.7 Å². The van der Waals surface area contributed by atoms with Crippen LogP contribution in [0.4, 0.5) is 16.2 Å². The SMILES string of the molecule is CN(C(=O)N(Cc1ccccc1)c1ccccc1Br)c1ccccc1. The van der Waals surface area contributed by atoms with Crippen molar-refractivity contribution in [1.29, 1.82) is 0 Å². The van der Waals surface area contributed by atoms with Gasteiger partial charge in [0.2, 0.25) is 0 Å². The largest absolute Gasteiger partial charge is 0.329 e. The molecule has 0 atom stereocenters. The van der Waals surface area contributed by atoms with Gasteiger partial charge in [0, 0.05) is 17.2 Å². The highest BCUT2D eigenvalue weighted by molar-refractivity contribution is 9.10. The van der Waals surface area contributed by atoms with Gasteiger partial charge >= 0.3 is 6.03 Å². The van der Waals surface area contributed by atoms with E-state index >= 15 is 0 Å². The van der Waals surface area contributed by atoms with Crippen molar-refractivity contribution in [2.45, 2.75) is 6.54 Å². The van der Waals surface area contributed by atoms with Crippen molar-refractivity contribution in [3.05, 3.63) is 95.0 Å². The Morgan fingerprint density at radius 1 is 0.840 bits per heavy atom. The number of amides is 2. The van der Waals surface area contributed by atoms with E-state index in [1.165, 1.54) is 0 Å². The Morgan fingerprint density at radius 3 is 2.04 bits per heavy atom. The quantitative estimate of drug-likeness (QED) is 0.555. The molecule has 25 heavy (non-hydrogen) atoms. The van der Waals surface area contributed by atoms with E-state index in [0.29, 0.717) is 6.54 Å². The number of carbonyl (C=O) groups is 1. The first-order valence-corrected chi connectivity index (χ1v) is 8.85. The van der Waals surface area contributed by atoms with Crippen molar-refractivity contribution < 1.29 is 4.79 Å². The first-order chi connectivity index (χ1) is 12.2. The van der Waals surface area contributed by atoms with Gasteiger partial charge in [0.1, 0.15) is 0 Å². The van der Waals surface area contributed by atoms with Crippen molar-refractivity contribution in [3.8, 4) is 0 Å². The molecule has 0 heterocycles. The van der Waals surface area contributed by atoms with E-state index in [0.717, 1.165) is 21.4 Å². The Hall–Kier alpha value is -2.59. The lowest BCUT2D eigenvalue weighted by molar-refractivity contribution is 0.252. The molecule has 126 valence electrons. The second-order valence-corrected chi connectivity index (χ2v) is 6.55. The highest BCUT2D eigenvalue weighted by Gasteiger charge is 2.22. The van der Waals surface area contributed by atoms with Crippen molar-refractivity contribution in [2.75, 3.05) is 16.8 Å². The van der Waals surface area contributed by atoms with Gasteiger partial charge in [-0.25, -0.2) is 4.79 Å². The standard InChI is InChI=1S/C21H19BrN2O/c1-23(18-12-6-3-7-13-18)21(25)24(16-17-10-4-2-5-11-17)20-15-9-8-14-19(20)22/h2-15H,16H2,1H3. The van der Waals surface area contributed by atoms with Crippen LogP contribution in [0.1, 0.15) is 5.56 Å². The third-order valence-electron chi connectivity index (χ3n) is 3.99. The molecule has 0 N–H and O–H groups in total. The second-order valence-electron chi connectivity index (χ2n) is 5.70. The second kappa shape index (κ2) is 7.99. The first-order valence-electron chi connectivity index (χ1n) is 8.05. The molecule has 3 nitrogen and oxygen atoms in total. The van der Waals surface area contributed by atoms with Crippen molar-refractivity contribution in [2.24, 2.45) is 0 Å². The van der Waals surface area contributed by atoms with Crippen LogP contribution in [0.25, 0.3) is 0 Å². The average Bonchev–Trinajstić information content (AvgIpc) is 2.67. The molecular formula is C21H19BrN2O. The number of para-hydroxylation sites is 2. The minimum atomic E-state index is -0.0815. The minimum absolute atomic E-state index is 0.0815. The molecule has 0 spiro atoms. The first kappa shape index (κ1) is 17.2. The van der Waals surface area contributed by atoms with Gasteiger partial charge in [-0.3, -0.25) is 9.80 Å². The lowest BCUT2D eigenvalue weighted by Gasteiger charge is -2.29. The number of carbonyl (C=O) groups excluding carboxylic acids is 1. The Bertz CT molecular complexity index is 837. The maximum absolute atomic E-state index is 13.2. The number of urea groups is 1. The Labute approximate surface area is 156 Å². The Kier molecular flexibility index (Phi) is 5.51. The van der Waals surface area contributed by atoms with Gasteiger partial charge in [0.05, 0.1) is 12.2 Å². The number of hydrogen-bond donors (Lipinski definition) is 0. The summed E-state index contributed by atoms with van der Waals surface area (Å²) in [5, 5.41) is 0. The summed E-state index contributed by atoms with van der Waals surface area (Å²) in [6, 6.07) is 27.4. The number of hydrogen-bond acceptors (Lipinski definition) is 1. The molecule has 3 rings (SSSR count). The highest BCUT2D eigenvalue weighted by Crippen LogP contribution is 2.29. The molecule has 0 aliphatic heterocycles. The zero-order valence-electron chi connectivity index (χ0n) is 14.0. The third kappa shape index (κ3) is 4.09. The van der Waals surface area contributed by atoms with Crippen LogP contribution in [-0.2, 0) is 6.54 Å². The van der Waals surface area contributed by atoms with E-state index in [2.05, 4.69) is 15.9 Å². The highest BCUT2D eigenvalue weighted by atomic mass is 79.9. The van der Waals surface area contributed by atoms with Crippen LogP contribution in [-0.4, -0.2) is 13.1 Å². The maximum atomic E-state index is 13.2. The summed E-state index contributed by atoms with van der Waals surface area (Å²) in [5.41, 5.74) is 2.78. The number of nitrogens with zero attached hydrogens (tertiary/aromatic N) is 2. The molecule has 0 fully saturated rings. The fourth-order valence-electron chi connectivity index (χ4n) is 2.64. The summed E-state index contributed by atoms with van der Waals surface area (Å²) in [7, 11) is 1.80. The predicted molar refractivity (Wildman–Crippen MR) is 107 cm³/mol. The molecular weight excluding hydrogens is 376 g/mol. The Morgan fingerprint density at radius 2 is 1.40 bits per heavy atom. The van der Waals surface area contributed by atoms with Gasteiger partial charge in [-0.2, -0.15) is 0 Å².